The lowest BCUT2D eigenvalue weighted by atomic mass is 9.96. The van der Waals surface area contributed by atoms with Crippen molar-refractivity contribution in [1.82, 2.24) is 0 Å². The van der Waals surface area contributed by atoms with Crippen molar-refractivity contribution in [1.29, 1.82) is 0 Å². The fourth-order valence-corrected chi connectivity index (χ4v) is 3.04. The fraction of sp³-hybridized carbons (Fsp3) is 0.261. The van der Waals surface area contributed by atoms with Crippen molar-refractivity contribution in [2.75, 3.05) is 7.11 Å². The molecule has 1 atom stereocenters. The van der Waals surface area contributed by atoms with E-state index in [4.69, 9.17) is 13.9 Å². The van der Waals surface area contributed by atoms with Crippen molar-refractivity contribution in [2.24, 2.45) is 0 Å². The van der Waals surface area contributed by atoms with Gasteiger partial charge in [0.2, 0.25) is 0 Å². The van der Waals surface area contributed by atoms with Crippen LogP contribution in [0.15, 0.2) is 71.3 Å². The minimum absolute atomic E-state index is 0.206. The lowest BCUT2D eigenvalue weighted by Gasteiger charge is -2.15. The quantitative estimate of drug-likeness (QED) is 0.521. The summed E-state index contributed by atoms with van der Waals surface area (Å²) in [5.41, 5.74) is 2.94. The maximum atomic E-state index is 12.6. The minimum Gasteiger partial charge on any atom is -0.497 e. The molecular formula is C23H24O4. The third kappa shape index (κ3) is 5.00. The molecular weight excluding hydrogens is 340 g/mol. The Balaban J connectivity index is 1.59. The monoisotopic (exact) mass is 364 g/mol. The number of hydrogen-bond donors (Lipinski definition) is 0. The van der Waals surface area contributed by atoms with Gasteiger partial charge in [-0.3, -0.25) is 4.79 Å². The molecule has 27 heavy (non-hydrogen) atoms. The van der Waals surface area contributed by atoms with Gasteiger partial charge in [-0.1, -0.05) is 49.4 Å². The van der Waals surface area contributed by atoms with Crippen LogP contribution in [0.3, 0.4) is 0 Å². The zero-order valence-corrected chi connectivity index (χ0v) is 15.7. The highest BCUT2D eigenvalue weighted by Crippen LogP contribution is 2.25. The number of furan rings is 1. The molecule has 3 rings (SSSR count). The molecule has 1 unspecified atom stereocenters. The van der Waals surface area contributed by atoms with Crippen molar-refractivity contribution in [3.8, 4) is 5.75 Å². The second-order valence-corrected chi connectivity index (χ2v) is 6.43. The average Bonchev–Trinajstić information content (AvgIpc) is 3.15. The van der Waals surface area contributed by atoms with Crippen LogP contribution >= 0.6 is 0 Å². The fourth-order valence-electron chi connectivity index (χ4n) is 3.04. The summed E-state index contributed by atoms with van der Waals surface area (Å²) in [6.45, 7) is 2.18. The molecule has 140 valence electrons. The van der Waals surface area contributed by atoms with Gasteiger partial charge in [0.15, 0.2) is 0 Å². The molecule has 4 heteroatoms. The number of benzene rings is 2. The second-order valence-electron chi connectivity index (χ2n) is 6.43. The molecule has 0 N–H and O–H groups in total. The predicted molar refractivity (Wildman–Crippen MR) is 104 cm³/mol. The number of esters is 1. The Bertz CT molecular complexity index is 867. The Morgan fingerprint density at radius 3 is 2.59 bits per heavy atom. The highest BCUT2D eigenvalue weighted by Gasteiger charge is 2.21. The Hall–Kier alpha value is -3.01. The van der Waals surface area contributed by atoms with Crippen LogP contribution in [0, 0.1) is 0 Å². The van der Waals surface area contributed by atoms with E-state index in [1.807, 2.05) is 55.5 Å². The highest BCUT2D eigenvalue weighted by molar-refractivity contribution is 5.78. The Kier molecular flexibility index (Phi) is 6.31. The van der Waals surface area contributed by atoms with E-state index in [-0.39, 0.29) is 18.5 Å². The van der Waals surface area contributed by atoms with Gasteiger partial charge in [-0.2, -0.15) is 0 Å². The highest BCUT2D eigenvalue weighted by atomic mass is 16.5. The number of carbonyl (C=O) groups is 1. The van der Waals surface area contributed by atoms with E-state index in [0.717, 1.165) is 29.1 Å². The van der Waals surface area contributed by atoms with E-state index in [1.165, 1.54) is 5.56 Å². The van der Waals surface area contributed by atoms with Crippen LogP contribution < -0.4 is 4.74 Å². The summed E-state index contributed by atoms with van der Waals surface area (Å²) < 4.78 is 16.4. The maximum Gasteiger partial charge on any atom is 0.313 e. The molecule has 0 saturated carbocycles. The zero-order valence-electron chi connectivity index (χ0n) is 15.7. The van der Waals surface area contributed by atoms with Crippen LogP contribution in [0.4, 0.5) is 0 Å². The van der Waals surface area contributed by atoms with Gasteiger partial charge in [0, 0.05) is 12.0 Å². The van der Waals surface area contributed by atoms with E-state index in [2.05, 4.69) is 12.1 Å². The Morgan fingerprint density at radius 1 is 1.04 bits per heavy atom. The smallest absolute Gasteiger partial charge is 0.313 e. The van der Waals surface area contributed by atoms with Crippen LogP contribution in [0.2, 0.25) is 0 Å². The molecule has 0 aliphatic rings. The first-order chi connectivity index (χ1) is 13.2. The summed E-state index contributed by atoms with van der Waals surface area (Å²) in [5, 5.41) is 0. The van der Waals surface area contributed by atoms with Crippen molar-refractivity contribution >= 4 is 5.97 Å². The van der Waals surface area contributed by atoms with Crippen molar-refractivity contribution in [3.05, 3.63) is 89.4 Å². The standard InChI is InChI=1S/C23H24O4/c1-3-22(19-10-7-11-20(14-19)25-2)23(24)27-16-18-13-21(26-15-18)12-17-8-5-4-6-9-17/h4-11,13-15,22H,3,12,16H2,1-2H3. The number of methoxy groups -OCH3 is 1. The summed E-state index contributed by atoms with van der Waals surface area (Å²) in [5.74, 6) is 1.04. The predicted octanol–water partition coefficient (Wildman–Crippen LogP) is 5.12. The first-order valence-corrected chi connectivity index (χ1v) is 9.10. The van der Waals surface area contributed by atoms with Crippen molar-refractivity contribution in [3.63, 3.8) is 0 Å². The summed E-state index contributed by atoms with van der Waals surface area (Å²) >= 11 is 0. The van der Waals surface area contributed by atoms with E-state index >= 15 is 0 Å². The van der Waals surface area contributed by atoms with Gasteiger partial charge in [0.05, 0.1) is 19.3 Å². The number of hydrogen-bond acceptors (Lipinski definition) is 4. The third-order valence-corrected chi connectivity index (χ3v) is 4.50. The number of carbonyl (C=O) groups excluding carboxylic acids is 1. The van der Waals surface area contributed by atoms with Crippen molar-refractivity contribution in [2.45, 2.75) is 32.3 Å². The van der Waals surface area contributed by atoms with E-state index in [1.54, 1.807) is 13.4 Å². The molecule has 1 aromatic heterocycles. The Labute approximate surface area is 159 Å². The van der Waals surface area contributed by atoms with E-state index in [9.17, 15) is 4.79 Å². The van der Waals surface area contributed by atoms with E-state index in [0.29, 0.717) is 6.42 Å². The first kappa shape index (κ1) is 18.8. The molecule has 0 spiro atoms. The van der Waals surface area contributed by atoms with Crippen LogP contribution in [0.5, 0.6) is 5.75 Å². The summed E-state index contributed by atoms with van der Waals surface area (Å²) in [4.78, 5) is 12.6. The third-order valence-electron chi connectivity index (χ3n) is 4.50. The molecule has 0 bridgehead atoms. The lowest BCUT2D eigenvalue weighted by Crippen LogP contribution is -2.15. The van der Waals surface area contributed by atoms with Crippen LogP contribution in [0.1, 0.15) is 41.7 Å². The topological polar surface area (TPSA) is 48.7 Å². The molecule has 0 amide bonds. The molecule has 0 radical (unpaired) electrons. The molecule has 3 aromatic rings. The van der Waals surface area contributed by atoms with Gasteiger partial charge in [-0.15, -0.1) is 0 Å². The summed E-state index contributed by atoms with van der Waals surface area (Å²) in [7, 11) is 1.62. The van der Waals surface area contributed by atoms with Crippen LogP contribution in [-0.2, 0) is 22.6 Å². The van der Waals surface area contributed by atoms with Crippen LogP contribution in [0.25, 0.3) is 0 Å². The molecule has 0 fully saturated rings. The van der Waals surface area contributed by atoms with Crippen molar-refractivity contribution < 1.29 is 18.7 Å². The molecule has 1 heterocycles. The largest absolute Gasteiger partial charge is 0.497 e. The Morgan fingerprint density at radius 2 is 1.85 bits per heavy atom. The van der Waals surface area contributed by atoms with Gasteiger partial charge in [-0.25, -0.2) is 0 Å². The normalized spacial score (nSPS) is 11.8. The molecule has 0 saturated heterocycles. The van der Waals surface area contributed by atoms with Gasteiger partial charge in [-0.05, 0) is 35.7 Å². The number of rotatable bonds is 8. The molecule has 0 aliphatic carbocycles. The van der Waals surface area contributed by atoms with Gasteiger partial charge >= 0.3 is 5.97 Å². The first-order valence-electron chi connectivity index (χ1n) is 9.10. The van der Waals surface area contributed by atoms with Gasteiger partial charge in [0.25, 0.3) is 0 Å². The van der Waals surface area contributed by atoms with Crippen LogP contribution in [-0.4, -0.2) is 13.1 Å². The second kappa shape index (κ2) is 9.08. The summed E-state index contributed by atoms with van der Waals surface area (Å²) in [6, 6.07) is 19.6. The minimum atomic E-state index is -0.309. The zero-order chi connectivity index (χ0) is 19.1. The lowest BCUT2D eigenvalue weighted by molar-refractivity contribution is -0.146. The summed E-state index contributed by atoms with van der Waals surface area (Å²) in [6.07, 6.45) is 3.03. The maximum absolute atomic E-state index is 12.6. The number of ether oxygens (including phenoxy) is 2. The average molecular weight is 364 g/mol. The van der Waals surface area contributed by atoms with Gasteiger partial charge < -0.3 is 13.9 Å². The van der Waals surface area contributed by atoms with E-state index < -0.39 is 0 Å². The molecule has 4 nitrogen and oxygen atoms in total. The molecule has 2 aromatic carbocycles. The molecule has 0 aliphatic heterocycles. The SMILES string of the molecule is CCC(C(=O)OCc1coc(Cc2ccccc2)c1)c1cccc(OC)c1. The van der Waals surface area contributed by atoms with Gasteiger partial charge in [0.1, 0.15) is 18.1 Å².